The Kier molecular flexibility index (Phi) is 1.68. The van der Waals surface area contributed by atoms with E-state index in [-0.39, 0.29) is 0 Å². The number of nitrogens with zero attached hydrogens (tertiary/aromatic N) is 1. The van der Waals surface area contributed by atoms with Crippen LogP contribution in [0.15, 0.2) is 21.2 Å². The minimum absolute atomic E-state index is 0.757. The van der Waals surface area contributed by atoms with Crippen molar-refractivity contribution in [2.45, 2.75) is 13.8 Å². The molecule has 0 aliphatic rings. The molecule has 0 aromatic carbocycles. The molecule has 12 heavy (non-hydrogen) atoms. The summed E-state index contributed by atoms with van der Waals surface area (Å²) in [4.78, 5) is 4.33. The van der Waals surface area contributed by atoms with Gasteiger partial charge in [-0.05, 0) is 29.8 Å². The number of hydrogen-bond acceptors (Lipinski definition) is 2. The van der Waals surface area contributed by atoms with Crippen LogP contribution in [-0.2, 0) is 0 Å². The van der Waals surface area contributed by atoms with Crippen molar-refractivity contribution in [1.82, 2.24) is 4.98 Å². The van der Waals surface area contributed by atoms with Gasteiger partial charge in [-0.1, -0.05) is 0 Å². The zero-order chi connectivity index (χ0) is 8.72. The Morgan fingerprint density at radius 1 is 1.33 bits per heavy atom. The largest absolute Gasteiger partial charge is 0.449 e. The second-order valence-corrected chi connectivity index (χ2v) is 3.59. The van der Waals surface area contributed by atoms with Crippen LogP contribution in [0.5, 0.6) is 0 Å². The Hall–Kier alpha value is -0.830. The standard InChI is InChI=1S/C9H8BrNO/c1-5-3-8-7(6(2)11-5)4-9(10)12-8/h3-4H,1-2H3. The molecule has 0 radical (unpaired) electrons. The van der Waals surface area contributed by atoms with E-state index in [9.17, 15) is 0 Å². The number of aromatic nitrogens is 1. The maximum absolute atomic E-state index is 5.41. The summed E-state index contributed by atoms with van der Waals surface area (Å²) in [5.74, 6) is 0. The molecular weight excluding hydrogens is 218 g/mol. The zero-order valence-corrected chi connectivity index (χ0v) is 8.47. The summed E-state index contributed by atoms with van der Waals surface area (Å²) in [6.07, 6.45) is 0. The minimum atomic E-state index is 0.757. The van der Waals surface area contributed by atoms with Gasteiger partial charge in [-0.15, -0.1) is 0 Å². The normalized spacial score (nSPS) is 10.9. The lowest BCUT2D eigenvalue weighted by atomic mass is 10.2. The molecular formula is C9H8BrNO. The third kappa shape index (κ3) is 1.14. The molecule has 0 atom stereocenters. The number of fused-ring (bicyclic) bond motifs is 1. The van der Waals surface area contributed by atoms with Gasteiger partial charge in [0.15, 0.2) is 4.67 Å². The highest BCUT2D eigenvalue weighted by Crippen LogP contribution is 2.25. The molecule has 0 saturated carbocycles. The summed E-state index contributed by atoms with van der Waals surface area (Å²) in [5.41, 5.74) is 2.90. The first-order valence-corrected chi connectivity index (χ1v) is 4.49. The highest BCUT2D eigenvalue weighted by Gasteiger charge is 2.05. The molecule has 2 aromatic rings. The van der Waals surface area contributed by atoms with E-state index in [0.29, 0.717) is 0 Å². The fourth-order valence-electron chi connectivity index (χ4n) is 1.31. The van der Waals surface area contributed by atoms with Crippen LogP contribution in [0.4, 0.5) is 0 Å². The van der Waals surface area contributed by atoms with Crippen LogP contribution in [-0.4, -0.2) is 4.98 Å². The van der Waals surface area contributed by atoms with E-state index < -0.39 is 0 Å². The van der Waals surface area contributed by atoms with Gasteiger partial charge in [-0.25, -0.2) is 0 Å². The number of halogens is 1. The van der Waals surface area contributed by atoms with Gasteiger partial charge < -0.3 is 4.42 Å². The van der Waals surface area contributed by atoms with E-state index in [1.807, 2.05) is 26.0 Å². The molecule has 2 heterocycles. The van der Waals surface area contributed by atoms with Crippen molar-refractivity contribution < 1.29 is 4.42 Å². The number of rotatable bonds is 0. The van der Waals surface area contributed by atoms with Gasteiger partial charge >= 0.3 is 0 Å². The Morgan fingerprint density at radius 3 is 2.83 bits per heavy atom. The van der Waals surface area contributed by atoms with Crippen LogP contribution < -0.4 is 0 Å². The van der Waals surface area contributed by atoms with Gasteiger partial charge in [-0.3, -0.25) is 4.98 Å². The molecule has 0 aliphatic carbocycles. The van der Waals surface area contributed by atoms with Crippen molar-refractivity contribution >= 4 is 26.9 Å². The van der Waals surface area contributed by atoms with Crippen LogP contribution >= 0.6 is 15.9 Å². The highest BCUT2D eigenvalue weighted by molar-refractivity contribution is 9.10. The first-order valence-electron chi connectivity index (χ1n) is 3.70. The molecule has 2 rings (SSSR count). The molecule has 0 saturated heterocycles. The van der Waals surface area contributed by atoms with Crippen LogP contribution in [0, 0.1) is 13.8 Å². The molecule has 0 spiro atoms. The lowest BCUT2D eigenvalue weighted by molar-refractivity contribution is 0.587. The Bertz CT molecular complexity index is 433. The molecule has 0 aliphatic heterocycles. The van der Waals surface area contributed by atoms with E-state index in [4.69, 9.17) is 4.42 Å². The zero-order valence-electron chi connectivity index (χ0n) is 6.89. The lowest BCUT2D eigenvalue weighted by Gasteiger charge is -1.95. The Morgan fingerprint density at radius 2 is 2.08 bits per heavy atom. The summed E-state index contributed by atoms with van der Waals surface area (Å²) in [6.45, 7) is 3.94. The predicted octanol–water partition coefficient (Wildman–Crippen LogP) is 3.21. The molecule has 62 valence electrons. The molecule has 0 N–H and O–H groups in total. The van der Waals surface area contributed by atoms with Gasteiger partial charge in [0, 0.05) is 28.9 Å². The van der Waals surface area contributed by atoms with Crippen molar-refractivity contribution in [3.05, 3.63) is 28.2 Å². The summed E-state index contributed by atoms with van der Waals surface area (Å²) < 4.78 is 6.16. The van der Waals surface area contributed by atoms with Crippen molar-refractivity contribution in [1.29, 1.82) is 0 Å². The van der Waals surface area contributed by atoms with Crippen molar-refractivity contribution in [3.8, 4) is 0 Å². The summed E-state index contributed by atoms with van der Waals surface area (Å²) in [5, 5.41) is 1.08. The summed E-state index contributed by atoms with van der Waals surface area (Å²) in [7, 11) is 0. The predicted molar refractivity (Wildman–Crippen MR) is 51.2 cm³/mol. The first-order chi connectivity index (χ1) is 5.66. The third-order valence-electron chi connectivity index (χ3n) is 1.80. The number of aryl methyl sites for hydroxylation is 2. The number of hydrogen-bond donors (Lipinski definition) is 0. The number of furan rings is 1. The summed E-state index contributed by atoms with van der Waals surface area (Å²) >= 11 is 3.29. The van der Waals surface area contributed by atoms with Crippen molar-refractivity contribution in [2.75, 3.05) is 0 Å². The SMILES string of the molecule is Cc1cc2oc(Br)cc2c(C)n1. The average molecular weight is 226 g/mol. The third-order valence-corrected chi connectivity index (χ3v) is 2.20. The quantitative estimate of drug-likeness (QED) is 0.689. The fraction of sp³-hybridized carbons (Fsp3) is 0.222. The van der Waals surface area contributed by atoms with E-state index in [0.717, 1.165) is 27.0 Å². The second-order valence-electron chi connectivity index (χ2n) is 2.81. The molecule has 0 fully saturated rings. The van der Waals surface area contributed by atoms with Gasteiger partial charge in [0.25, 0.3) is 0 Å². The van der Waals surface area contributed by atoms with E-state index >= 15 is 0 Å². The van der Waals surface area contributed by atoms with Gasteiger partial charge in [0.05, 0.1) is 0 Å². The van der Waals surface area contributed by atoms with Crippen LogP contribution in [0.25, 0.3) is 11.0 Å². The average Bonchev–Trinajstić information content (AvgIpc) is 2.29. The Balaban J connectivity index is 2.88. The monoisotopic (exact) mass is 225 g/mol. The van der Waals surface area contributed by atoms with Crippen LogP contribution in [0.1, 0.15) is 11.4 Å². The van der Waals surface area contributed by atoms with Gasteiger partial charge in [0.1, 0.15) is 5.58 Å². The topological polar surface area (TPSA) is 26.0 Å². The fourth-order valence-corrected chi connectivity index (χ4v) is 1.71. The Labute approximate surface area is 78.7 Å². The minimum Gasteiger partial charge on any atom is -0.449 e. The lowest BCUT2D eigenvalue weighted by Crippen LogP contribution is -1.84. The smallest absolute Gasteiger partial charge is 0.170 e. The molecule has 2 nitrogen and oxygen atoms in total. The first kappa shape index (κ1) is 7.80. The van der Waals surface area contributed by atoms with Crippen molar-refractivity contribution in [3.63, 3.8) is 0 Å². The van der Waals surface area contributed by atoms with E-state index in [1.165, 1.54) is 0 Å². The van der Waals surface area contributed by atoms with Crippen molar-refractivity contribution in [2.24, 2.45) is 0 Å². The van der Waals surface area contributed by atoms with Crippen LogP contribution in [0.2, 0.25) is 0 Å². The summed E-state index contributed by atoms with van der Waals surface area (Å²) in [6, 6.07) is 3.88. The van der Waals surface area contributed by atoms with E-state index in [1.54, 1.807) is 0 Å². The van der Waals surface area contributed by atoms with Gasteiger partial charge in [0.2, 0.25) is 0 Å². The maximum Gasteiger partial charge on any atom is 0.170 e. The maximum atomic E-state index is 5.41. The molecule has 0 amide bonds. The number of pyridine rings is 1. The van der Waals surface area contributed by atoms with E-state index in [2.05, 4.69) is 20.9 Å². The second kappa shape index (κ2) is 2.59. The van der Waals surface area contributed by atoms with Crippen LogP contribution in [0.3, 0.4) is 0 Å². The molecule has 3 heteroatoms. The molecule has 0 bridgehead atoms. The van der Waals surface area contributed by atoms with Gasteiger partial charge in [-0.2, -0.15) is 0 Å². The highest BCUT2D eigenvalue weighted by atomic mass is 79.9. The molecule has 0 unspecified atom stereocenters. The molecule has 2 aromatic heterocycles.